The lowest BCUT2D eigenvalue weighted by Gasteiger charge is -2.09. The monoisotopic (exact) mass is 429 g/mol. The van der Waals surface area contributed by atoms with Crippen LogP contribution in [0.3, 0.4) is 0 Å². The third-order valence-corrected chi connectivity index (χ3v) is 7.09. The molecule has 0 radical (unpaired) electrons. The number of rotatable bonds is 7. The van der Waals surface area contributed by atoms with E-state index in [4.69, 9.17) is 14.2 Å². The Hall–Kier alpha value is -3.00. The van der Waals surface area contributed by atoms with Crippen molar-refractivity contribution >= 4 is 26.9 Å². The molecule has 30 heavy (non-hydrogen) atoms. The summed E-state index contributed by atoms with van der Waals surface area (Å²) in [5, 5.41) is 0.753. The van der Waals surface area contributed by atoms with E-state index in [-0.39, 0.29) is 22.7 Å². The maximum absolute atomic E-state index is 13.4. The van der Waals surface area contributed by atoms with Crippen molar-refractivity contribution in [2.24, 2.45) is 5.92 Å². The average molecular weight is 429 g/mol. The molecule has 0 N–H and O–H groups in total. The van der Waals surface area contributed by atoms with Gasteiger partial charge in [0, 0.05) is 17.5 Å². The Labute approximate surface area is 175 Å². The molecular weight excluding hydrogens is 406 g/mol. The minimum absolute atomic E-state index is 0.0778. The second-order valence-electron chi connectivity index (χ2n) is 7.14. The molecule has 0 amide bonds. The second kappa shape index (κ2) is 7.68. The highest BCUT2D eigenvalue weighted by Gasteiger charge is 2.46. The molecule has 1 fully saturated rings. The number of esters is 1. The summed E-state index contributed by atoms with van der Waals surface area (Å²) >= 11 is 0. The van der Waals surface area contributed by atoms with Gasteiger partial charge in [-0.3, -0.25) is 4.79 Å². The number of hydrogen-bond acceptors (Lipinski definition) is 6. The van der Waals surface area contributed by atoms with E-state index in [1.54, 1.807) is 44.5 Å². The van der Waals surface area contributed by atoms with E-state index < -0.39 is 10.0 Å². The number of carbonyl (C=O) groups is 1. The molecule has 0 spiro atoms. The largest absolute Gasteiger partial charge is 0.497 e. The summed E-state index contributed by atoms with van der Waals surface area (Å²) in [6, 6.07) is 11.5. The van der Waals surface area contributed by atoms with Crippen molar-refractivity contribution in [3.8, 4) is 11.5 Å². The van der Waals surface area contributed by atoms with Gasteiger partial charge < -0.3 is 14.2 Å². The first-order chi connectivity index (χ1) is 14.4. The van der Waals surface area contributed by atoms with E-state index in [9.17, 15) is 13.2 Å². The fraction of sp³-hybridized carbons (Fsp3) is 0.318. The van der Waals surface area contributed by atoms with Crippen LogP contribution in [0.25, 0.3) is 10.9 Å². The first-order valence-corrected chi connectivity index (χ1v) is 11.1. The Balaban J connectivity index is 1.82. The molecule has 1 aromatic heterocycles. The smallest absolute Gasteiger partial charge is 0.309 e. The number of fused-ring (bicyclic) bond motifs is 1. The van der Waals surface area contributed by atoms with Gasteiger partial charge in [-0.1, -0.05) is 0 Å². The Morgan fingerprint density at radius 2 is 1.73 bits per heavy atom. The van der Waals surface area contributed by atoms with Gasteiger partial charge in [-0.15, -0.1) is 0 Å². The number of benzene rings is 2. The fourth-order valence-electron chi connectivity index (χ4n) is 3.74. The van der Waals surface area contributed by atoms with Gasteiger partial charge in [-0.05, 0) is 61.4 Å². The van der Waals surface area contributed by atoms with E-state index in [1.807, 2.05) is 6.07 Å². The van der Waals surface area contributed by atoms with Crippen molar-refractivity contribution in [1.29, 1.82) is 0 Å². The number of methoxy groups -OCH3 is 2. The number of aromatic nitrogens is 1. The maximum Gasteiger partial charge on any atom is 0.309 e. The summed E-state index contributed by atoms with van der Waals surface area (Å²) in [6.45, 7) is 2.09. The molecule has 4 rings (SSSR count). The van der Waals surface area contributed by atoms with Crippen LogP contribution in [0.2, 0.25) is 0 Å². The predicted molar refractivity (Wildman–Crippen MR) is 112 cm³/mol. The molecule has 1 aliphatic rings. The summed E-state index contributed by atoms with van der Waals surface area (Å²) in [5.41, 5.74) is 1.34. The fourth-order valence-corrected chi connectivity index (χ4v) is 5.11. The molecule has 1 aliphatic carbocycles. The summed E-state index contributed by atoms with van der Waals surface area (Å²) in [6.07, 6.45) is 2.26. The molecule has 1 saturated carbocycles. The van der Waals surface area contributed by atoms with Crippen molar-refractivity contribution < 1.29 is 27.4 Å². The third-order valence-electron chi connectivity index (χ3n) is 5.40. The molecule has 8 heteroatoms. The van der Waals surface area contributed by atoms with Crippen LogP contribution in [-0.2, 0) is 19.6 Å². The highest BCUT2D eigenvalue weighted by molar-refractivity contribution is 7.90. The van der Waals surface area contributed by atoms with Crippen LogP contribution in [0.4, 0.5) is 0 Å². The highest BCUT2D eigenvalue weighted by Crippen LogP contribution is 2.51. The van der Waals surface area contributed by atoms with Gasteiger partial charge in [0.15, 0.2) is 0 Å². The summed E-state index contributed by atoms with van der Waals surface area (Å²) in [4.78, 5) is 12.3. The molecule has 0 unspecified atom stereocenters. The van der Waals surface area contributed by atoms with Crippen LogP contribution in [0.5, 0.6) is 11.5 Å². The van der Waals surface area contributed by atoms with Crippen molar-refractivity contribution in [3.05, 3.63) is 54.2 Å². The number of hydrogen-bond donors (Lipinski definition) is 0. The minimum Gasteiger partial charge on any atom is -0.497 e. The van der Waals surface area contributed by atoms with Gasteiger partial charge in [0.25, 0.3) is 10.0 Å². The van der Waals surface area contributed by atoms with E-state index in [2.05, 4.69) is 0 Å². The van der Waals surface area contributed by atoms with Crippen molar-refractivity contribution in [1.82, 2.24) is 3.97 Å². The van der Waals surface area contributed by atoms with Gasteiger partial charge >= 0.3 is 5.97 Å². The van der Waals surface area contributed by atoms with Crippen LogP contribution in [0.15, 0.2) is 53.6 Å². The van der Waals surface area contributed by atoms with E-state index in [1.165, 1.54) is 23.2 Å². The molecule has 1 heterocycles. The molecular formula is C22H23NO6S. The third kappa shape index (κ3) is 3.41. The van der Waals surface area contributed by atoms with Crippen LogP contribution in [-0.4, -0.2) is 39.2 Å². The highest BCUT2D eigenvalue weighted by atomic mass is 32.2. The van der Waals surface area contributed by atoms with Crippen LogP contribution < -0.4 is 9.47 Å². The SMILES string of the molecule is CCOC(=O)[C@H]1C[C@H]1c1cn(S(=O)(=O)c2ccc(OC)cc2)c2ccc(OC)cc12. The zero-order valence-electron chi connectivity index (χ0n) is 17.0. The van der Waals surface area contributed by atoms with Crippen LogP contribution in [0.1, 0.15) is 24.8 Å². The Bertz CT molecular complexity index is 1200. The molecule has 0 saturated heterocycles. The van der Waals surface area contributed by atoms with Crippen molar-refractivity contribution in [2.45, 2.75) is 24.2 Å². The second-order valence-corrected chi connectivity index (χ2v) is 8.96. The standard InChI is InChI=1S/C22H23NO6S/c1-4-29-22(24)19-12-17(19)20-13-23(21-10-7-15(28-3)11-18(20)21)30(25,26)16-8-5-14(27-2)6-9-16/h5-11,13,17,19H,4,12H2,1-3H3/t17-,19+/m1/s1. The number of carbonyl (C=O) groups excluding carboxylic acids is 1. The Morgan fingerprint density at radius 1 is 1.07 bits per heavy atom. The summed E-state index contributed by atoms with van der Waals surface area (Å²) < 4.78 is 43.6. The van der Waals surface area contributed by atoms with Gasteiger partial charge in [0.1, 0.15) is 11.5 Å². The predicted octanol–water partition coefficient (Wildman–Crippen LogP) is 3.56. The lowest BCUT2D eigenvalue weighted by molar-refractivity contribution is -0.144. The molecule has 2 atom stereocenters. The minimum atomic E-state index is -3.84. The molecule has 2 aromatic carbocycles. The van der Waals surface area contributed by atoms with Gasteiger partial charge in [0.05, 0.1) is 37.2 Å². The molecule has 7 nitrogen and oxygen atoms in total. The van der Waals surface area contributed by atoms with Gasteiger partial charge in [-0.25, -0.2) is 12.4 Å². The Kier molecular flexibility index (Phi) is 5.19. The zero-order chi connectivity index (χ0) is 21.5. The average Bonchev–Trinajstić information content (AvgIpc) is 3.46. The van der Waals surface area contributed by atoms with Crippen LogP contribution >= 0.6 is 0 Å². The van der Waals surface area contributed by atoms with Crippen molar-refractivity contribution in [3.63, 3.8) is 0 Å². The Morgan fingerprint density at radius 3 is 2.37 bits per heavy atom. The molecule has 0 aliphatic heterocycles. The maximum atomic E-state index is 13.4. The lowest BCUT2D eigenvalue weighted by Crippen LogP contribution is -2.12. The molecule has 0 bridgehead atoms. The van der Waals surface area contributed by atoms with E-state index in [0.29, 0.717) is 30.0 Å². The van der Waals surface area contributed by atoms with E-state index >= 15 is 0 Å². The molecule has 3 aromatic rings. The first kappa shape index (κ1) is 20.3. The first-order valence-electron chi connectivity index (χ1n) is 9.66. The molecule has 158 valence electrons. The lowest BCUT2D eigenvalue weighted by atomic mass is 10.1. The number of ether oxygens (including phenoxy) is 3. The van der Waals surface area contributed by atoms with Crippen molar-refractivity contribution in [2.75, 3.05) is 20.8 Å². The van der Waals surface area contributed by atoms with E-state index in [0.717, 1.165) is 10.9 Å². The van der Waals surface area contributed by atoms with Crippen LogP contribution in [0, 0.1) is 5.92 Å². The van der Waals surface area contributed by atoms with Gasteiger partial charge in [0.2, 0.25) is 0 Å². The zero-order valence-corrected chi connectivity index (χ0v) is 17.8. The normalized spacial score (nSPS) is 18.2. The van der Waals surface area contributed by atoms with Gasteiger partial charge in [-0.2, -0.15) is 0 Å². The number of nitrogens with zero attached hydrogens (tertiary/aromatic N) is 1. The summed E-state index contributed by atoms with van der Waals surface area (Å²) in [5.74, 6) is 0.623. The topological polar surface area (TPSA) is 83.8 Å². The summed E-state index contributed by atoms with van der Waals surface area (Å²) in [7, 11) is -0.753. The quantitative estimate of drug-likeness (QED) is 0.534.